The fourth-order valence-corrected chi connectivity index (χ4v) is 3.04. The standard InChI is InChI=1S/C18H22N4O.ClH/c1-13-8-9-17(21-20-13)14-5-4-6-15(11-14)18(23)22-10-3-2-7-16(22)12-19;/h4-6,8-9,11,16H,2-3,7,10,12,19H2,1H3;1H. The molecular formula is C18H23ClN4O. The second kappa shape index (κ2) is 8.22. The Balaban J connectivity index is 0.00000208. The van der Waals surface area contributed by atoms with Gasteiger partial charge in [-0.25, -0.2) is 0 Å². The van der Waals surface area contributed by atoms with Crippen molar-refractivity contribution in [3.8, 4) is 11.3 Å². The van der Waals surface area contributed by atoms with Crippen molar-refractivity contribution in [3.63, 3.8) is 0 Å². The Morgan fingerprint density at radius 1 is 1.25 bits per heavy atom. The summed E-state index contributed by atoms with van der Waals surface area (Å²) in [4.78, 5) is 14.8. The van der Waals surface area contributed by atoms with Crippen LogP contribution < -0.4 is 5.73 Å². The second-order valence-corrected chi connectivity index (χ2v) is 6.02. The molecule has 0 radical (unpaired) electrons. The maximum atomic E-state index is 12.8. The number of amides is 1. The number of aryl methyl sites for hydroxylation is 1. The number of likely N-dealkylation sites (tertiary alicyclic amines) is 1. The molecule has 0 bridgehead atoms. The van der Waals surface area contributed by atoms with Crippen molar-refractivity contribution in [3.05, 3.63) is 47.7 Å². The zero-order valence-corrected chi connectivity index (χ0v) is 14.6. The zero-order valence-electron chi connectivity index (χ0n) is 13.8. The van der Waals surface area contributed by atoms with E-state index in [4.69, 9.17) is 5.73 Å². The lowest BCUT2D eigenvalue weighted by Crippen LogP contribution is -2.47. The molecule has 5 nitrogen and oxygen atoms in total. The minimum absolute atomic E-state index is 0. The molecule has 24 heavy (non-hydrogen) atoms. The maximum Gasteiger partial charge on any atom is 0.254 e. The van der Waals surface area contributed by atoms with Crippen molar-refractivity contribution in [2.45, 2.75) is 32.2 Å². The van der Waals surface area contributed by atoms with E-state index < -0.39 is 0 Å². The highest BCUT2D eigenvalue weighted by molar-refractivity contribution is 5.95. The molecule has 1 amide bonds. The molecule has 6 heteroatoms. The van der Waals surface area contributed by atoms with Gasteiger partial charge in [-0.1, -0.05) is 12.1 Å². The van der Waals surface area contributed by atoms with Crippen molar-refractivity contribution in [2.75, 3.05) is 13.1 Å². The fraction of sp³-hybridized carbons (Fsp3) is 0.389. The Morgan fingerprint density at radius 3 is 2.79 bits per heavy atom. The van der Waals surface area contributed by atoms with Crippen LogP contribution in [0.5, 0.6) is 0 Å². The van der Waals surface area contributed by atoms with Gasteiger partial charge in [-0.2, -0.15) is 10.2 Å². The summed E-state index contributed by atoms with van der Waals surface area (Å²) in [6.07, 6.45) is 3.18. The van der Waals surface area contributed by atoms with Crippen molar-refractivity contribution in [2.24, 2.45) is 5.73 Å². The molecule has 1 aromatic carbocycles. The van der Waals surface area contributed by atoms with Gasteiger partial charge < -0.3 is 10.6 Å². The van der Waals surface area contributed by atoms with Gasteiger partial charge in [0.15, 0.2) is 0 Å². The molecule has 1 atom stereocenters. The number of halogens is 1. The number of nitrogens with two attached hydrogens (primary N) is 1. The maximum absolute atomic E-state index is 12.8. The predicted molar refractivity (Wildman–Crippen MR) is 97.2 cm³/mol. The van der Waals surface area contributed by atoms with Gasteiger partial charge in [0.25, 0.3) is 5.91 Å². The minimum atomic E-state index is 0. The highest BCUT2D eigenvalue weighted by Crippen LogP contribution is 2.22. The number of hydrogen-bond acceptors (Lipinski definition) is 4. The smallest absolute Gasteiger partial charge is 0.254 e. The summed E-state index contributed by atoms with van der Waals surface area (Å²) in [5.74, 6) is 0.0575. The molecule has 1 unspecified atom stereocenters. The third-order valence-corrected chi connectivity index (χ3v) is 4.36. The average molecular weight is 347 g/mol. The molecule has 1 saturated heterocycles. The van der Waals surface area contributed by atoms with Crippen molar-refractivity contribution >= 4 is 18.3 Å². The van der Waals surface area contributed by atoms with E-state index in [1.807, 2.05) is 48.2 Å². The molecule has 1 fully saturated rings. The van der Waals surface area contributed by atoms with E-state index in [0.717, 1.165) is 42.8 Å². The second-order valence-electron chi connectivity index (χ2n) is 6.02. The van der Waals surface area contributed by atoms with E-state index in [1.54, 1.807) is 0 Å². The van der Waals surface area contributed by atoms with E-state index in [1.165, 1.54) is 0 Å². The molecule has 2 aromatic rings. The molecule has 0 aliphatic carbocycles. The van der Waals surface area contributed by atoms with E-state index in [2.05, 4.69) is 10.2 Å². The molecular weight excluding hydrogens is 324 g/mol. The van der Waals surface area contributed by atoms with Crippen molar-refractivity contribution in [1.82, 2.24) is 15.1 Å². The van der Waals surface area contributed by atoms with Gasteiger partial charge in [-0.05, 0) is 50.5 Å². The average Bonchev–Trinajstić information content (AvgIpc) is 2.62. The number of rotatable bonds is 3. The summed E-state index contributed by atoms with van der Waals surface area (Å²) in [6, 6.07) is 11.6. The molecule has 1 aromatic heterocycles. The first kappa shape index (κ1) is 18.4. The quantitative estimate of drug-likeness (QED) is 0.927. The van der Waals surface area contributed by atoms with E-state index in [-0.39, 0.29) is 24.4 Å². The van der Waals surface area contributed by atoms with Gasteiger partial charge in [0.1, 0.15) is 0 Å². The number of benzene rings is 1. The molecule has 0 spiro atoms. The Hall–Kier alpha value is -1.98. The summed E-state index contributed by atoms with van der Waals surface area (Å²) in [7, 11) is 0. The third-order valence-electron chi connectivity index (χ3n) is 4.36. The monoisotopic (exact) mass is 346 g/mol. The van der Waals surface area contributed by atoms with Gasteiger partial charge in [0, 0.05) is 30.3 Å². The number of carbonyl (C=O) groups is 1. The lowest BCUT2D eigenvalue weighted by Gasteiger charge is -2.35. The number of hydrogen-bond donors (Lipinski definition) is 1. The van der Waals surface area contributed by atoms with Gasteiger partial charge >= 0.3 is 0 Å². The summed E-state index contributed by atoms with van der Waals surface area (Å²) in [6.45, 7) is 3.21. The molecule has 1 aliphatic heterocycles. The van der Waals surface area contributed by atoms with Crippen LogP contribution in [-0.2, 0) is 0 Å². The fourth-order valence-electron chi connectivity index (χ4n) is 3.04. The highest BCUT2D eigenvalue weighted by Gasteiger charge is 2.26. The van der Waals surface area contributed by atoms with Gasteiger partial charge in [-0.15, -0.1) is 12.4 Å². The first-order valence-electron chi connectivity index (χ1n) is 8.11. The third kappa shape index (κ3) is 3.91. The summed E-state index contributed by atoms with van der Waals surface area (Å²) < 4.78 is 0. The molecule has 1 aliphatic rings. The zero-order chi connectivity index (χ0) is 16.2. The van der Waals surface area contributed by atoms with Gasteiger partial charge in [0.05, 0.1) is 11.4 Å². The number of aromatic nitrogens is 2. The molecule has 2 N–H and O–H groups in total. The predicted octanol–water partition coefficient (Wildman–Crippen LogP) is 2.83. The number of carbonyl (C=O) groups excluding carboxylic acids is 1. The van der Waals surface area contributed by atoms with Crippen LogP contribution in [0.15, 0.2) is 36.4 Å². The Labute approximate surface area is 148 Å². The lowest BCUT2D eigenvalue weighted by molar-refractivity contribution is 0.0623. The Kier molecular flexibility index (Phi) is 6.29. The van der Waals surface area contributed by atoms with Crippen molar-refractivity contribution in [1.29, 1.82) is 0 Å². The van der Waals surface area contributed by atoms with E-state index >= 15 is 0 Å². The van der Waals surface area contributed by atoms with Crippen LogP contribution in [0, 0.1) is 6.92 Å². The summed E-state index contributed by atoms with van der Waals surface area (Å²) in [5, 5.41) is 8.28. The largest absolute Gasteiger partial charge is 0.334 e. The topological polar surface area (TPSA) is 72.1 Å². The molecule has 0 saturated carbocycles. The van der Waals surface area contributed by atoms with Crippen LogP contribution in [-0.4, -0.2) is 40.1 Å². The van der Waals surface area contributed by atoms with Crippen LogP contribution in [0.25, 0.3) is 11.3 Å². The normalized spacial score (nSPS) is 17.2. The SMILES string of the molecule is Cc1ccc(-c2cccc(C(=O)N3CCCCC3CN)c2)nn1.Cl. The van der Waals surface area contributed by atoms with Gasteiger partial charge in [-0.3, -0.25) is 4.79 Å². The molecule has 128 valence electrons. The first-order chi connectivity index (χ1) is 11.2. The van der Waals surface area contributed by atoms with Crippen LogP contribution in [0.3, 0.4) is 0 Å². The minimum Gasteiger partial charge on any atom is -0.334 e. The highest BCUT2D eigenvalue weighted by atomic mass is 35.5. The van der Waals surface area contributed by atoms with Gasteiger partial charge in [0.2, 0.25) is 0 Å². The van der Waals surface area contributed by atoms with Crippen molar-refractivity contribution < 1.29 is 4.79 Å². The van der Waals surface area contributed by atoms with Crippen LogP contribution in [0.2, 0.25) is 0 Å². The Morgan fingerprint density at radius 2 is 2.08 bits per heavy atom. The van der Waals surface area contributed by atoms with E-state index in [0.29, 0.717) is 12.1 Å². The van der Waals surface area contributed by atoms with Crippen LogP contribution in [0.4, 0.5) is 0 Å². The number of nitrogens with zero attached hydrogens (tertiary/aromatic N) is 3. The Bertz CT molecular complexity index is 690. The lowest BCUT2D eigenvalue weighted by atomic mass is 10.00. The van der Waals surface area contributed by atoms with Crippen LogP contribution in [0.1, 0.15) is 35.3 Å². The van der Waals surface area contributed by atoms with Crippen LogP contribution >= 0.6 is 12.4 Å². The van der Waals surface area contributed by atoms with E-state index in [9.17, 15) is 4.79 Å². The molecule has 3 rings (SSSR count). The summed E-state index contributed by atoms with van der Waals surface area (Å²) >= 11 is 0. The summed E-state index contributed by atoms with van der Waals surface area (Å²) in [5.41, 5.74) is 9.08. The molecule has 2 heterocycles. The first-order valence-corrected chi connectivity index (χ1v) is 8.11. The number of piperidine rings is 1.